The maximum atomic E-state index is 10.6. The number of rotatable bonds is 3. The number of piperazine rings is 1. The molecular weight excluding hydrogens is 384 g/mol. The standard InChI is InChI=1S/C12H18N6O.C7H8N4/c1-9-7-10(2)15-12(14-9)16-11(13)18-5-3-17(8-19)4-6-18;1-5-3-6(2)11-7(10-5)9-4-8/h7-8H,3-6H2,1-2H3,(H2,13,14,15,16);3H,1-2H3,(H,9,10,11). The Kier molecular flexibility index (Phi) is 7.99. The molecule has 0 saturated carbocycles. The molecule has 3 N–H and O–H groups in total. The quantitative estimate of drug-likeness (QED) is 0.246. The average molecular weight is 410 g/mol. The van der Waals surface area contributed by atoms with E-state index in [1.54, 1.807) is 11.1 Å². The number of amides is 1. The summed E-state index contributed by atoms with van der Waals surface area (Å²) < 4.78 is 0. The van der Waals surface area contributed by atoms with E-state index in [0.717, 1.165) is 29.2 Å². The number of aliphatic imine (C=N–C) groups is 1. The van der Waals surface area contributed by atoms with Crippen molar-refractivity contribution < 1.29 is 4.79 Å². The van der Waals surface area contributed by atoms with E-state index in [1.807, 2.05) is 44.7 Å². The number of guanidine groups is 1. The first-order chi connectivity index (χ1) is 14.3. The van der Waals surface area contributed by atoms with Crippen molar-refractivity contribution in [3.8, 4) is 6.19 Å². The molecule has 0 bridgehead atoms. The van der Waals surface area contributed by atoms with Crippen LogP contribution in [0.25, 0.3) is 0 Å². The Hall–Kier alpha value is -3.81. The lowest BCUT2D eigenvalue weighted by molar-refractivity contribution is -0.119. The largest absolute Gasteiger partial charge is 0.369 e. The van der Waals surface area contributed by atoms with E-state index in [-0.39, 0.29) is 0 Å². The Bertz CT molecular complexity index is 904. The summed E-state index contributed by atoms with van der Waals surface area (Å²) in [6.45, 7) is 10.2. The van der Waals surface area contributed by atoms with Gasteiger partial charge in [-0.2, -0.15) is 10.3 Å². The highest BCUT2D eigenvalue weighted by Crippen LogP contribution is 2.08. The van der Waals surface area contributed by atoms with Crippen molar-refractivity contribution in [3.63, 3.8) is 0 Å². The van der Waals surface area contributed by atoms with E-state index in [1.165, 1.54) is 0 Å². The molecule has 11 heteroatoms. The lowest BCUT2D eigenvalue weighted by Gasteiger charge is -2.32. The fraction of sp³-hybridized carbons (Fsp3) is 0.421. The highest BCUT2D eigenvalue weighted by atomic mass is 16.1. The van der Waals surface area contributed by atoms with Crippen LogP contribution in [0.1, 0.15) is 22.8 Å². The first-order valence-electron chi connectivity index (χ1n) is 9.39. The molecular formula is C19H26N10O. The summed E-state index contributed by atoms with van der Waals surface area (Å²) in [6.07, 6.45) is 2.62. The molecule has 0 spiro atoms. The van der Waals surface area contributed by atoms with E-state index in [9.17, 15) is 4.79 Å². The molecule has 3 heterocycles. The van der Waals surface area contributed by atoms with Gasteiger partial charge in [-0.05, 0) is 39.8 Å². The molecule has 1 amide bonds. The fourth-order valence-electron chi connectivity index (χ4n) is 2.82. The lowest BCUT2D eigenvalue weighted by atomic mass is 10.3. The molecule has 1 fully saturated rings. The van der Waals surface area contributed by atoms with Crippen LogP contribution in [0.3, 0.4) is 0 Å². The summed E-state index contributed by atoms with van der Waals surface area (Å²) in [5.74, 6) is 1.15. The zero-order valence-corrected chi connectivity index (χ0v) is 17.6. The number of carbonyl (C=O) groups excluding carboxylic acids is 1. The van der Waals surface area contributed by atoms with Gasteiger partial charge >= 0.3 is 0 Å². The lowest BCUT2D eigenvalue weighted by Crippen LogP contribution is -2.50. The maximum Gasteiger partial charge on any atom is 0.253 e. The van der Waals surface area contributed by atoms with Crippen LogP contribution < -0.4 is 11.1 Å². The summed E-state index contributed by atoms with van der Waals surface area (Å²) >= 11 is 0. The second-order valence-electron chi connectivity index (χ2n) is 6.76. The predicted molar refractivity (Wildman–Crippen MR) is 113 cm³/mol. The van der Waals surface area contributed by atoms with Gasteiger partial charge < -0.3 is 15.5 Å². The molecule has 0 aromatic carbocycles. The number of anilines is 1. The number of hydrogen-bond donors (Lipinski definition) is 2. The van der Waals surface area contributed by atoms with Gasteiger partial charge in [-0.1, -0.05) is 0 Å². The van der Waals surface area contributed by atoms with Crippen LogP contribution in [0.15, 0.2) is 17.1 Å². The third kappa shape index (κ3) is 6.97. The van der Waals surface area contributed by atoms with Crippen LogP contribution in [-0.4, -0.2) is 68.3 Å². The molecule has 158 valence electrons. The van der Waals surface area contributed by atoms with Gasteiger partial charge in [0, 0.05) is 49.0 Å². The summed E-state index contributed by atoms with van der Waals surface area (Å²) in [4.78, 5) is 34.9. The van der Waals surface area contributed by atoms with Crippen LogP contribution >= 0.6 is 0 Å². The minimum Gasteiger partial charge on any atom is -0.369 e. The van der Waals surface area contributed by atoms with E-state index < -0.39 is 0 Å². The van der Waals surface area contributed by atoms with Gasteiger partial charge in [-0.15, -0.1) is 0 Å². The molecule has 11 nitrogen and oxygen atoms in total. The Labute approximate surface area is 175 Å². The molecule has 0 atom stereocenters. The van der Waals surface area contributed by atoms with E-state index in [2.05, 4.69) is 30.2 Å². The van der Waals surface area contributed by atoms with Crippen molar-refractivity contribution in [2.75, 3.05) is 31.5 Å². The molecule has 2 aromatic rings. The van der Waals surface area contributed by atoms with Crippen LogP contribution in [0.2, 0.25) is 0 Å². The number of hydrogen-bond acceptors (Lipinski definition) is 8. The molecule has 30 heavy (non-hydrogen) atoms. The van der Waals surface area contributed by atoms with E-state index >= 15 is 0 Å². The summed E-state index contributed by atoms with van der Waals surface area (Å²) in [6, 6.07) is 3.74. The summed E-state index contributed by atoms with van der Waals surface area (Å²) in [5, 5.41) is 10.6. The van der Waals surface area contributed by atoms with Crippen molar-refractivity contribution in [2.45, 2.75) is 27.7 Å². The number of nitrogens with zero attached hydrogens (tertiary/aromatic N) is 8. The van der Waals surface area contributed by atoms with Crippen LogP contribution in [0.5, 0.6) is 0 Å². The second-order valence-corrected chi connectivity index (χ2v) is 6.76. The first kappa shape index (κ1) is 22.5. The normalized spacial score (nSPS) is 13.8. The molecule has 1 aliphatic rings. The molecule has 1 aliphatic heterocycles. The zero-order valence-electron chi connectivity index (χ0n) is 17.6. The Morgan fingerprint density at radius 3 is 2.00 bits per heavy atom. The minimum absolute atomic E-state index is 0.366. The van der Waals surface area contributed by atoms with Gasteiger partial charge in [0.25, 0.3) is 5.95 Å². The number of nitriles is 1. The van der Waals surface area contributed by atoms with Crippen molar-refractivity contribution in [1.82, 2.24) is 29.7 Å². The van der Waals surface area contributed by atoms with Crippen molar-refractivity contribution in [3.05, 3.63) is 34.9 Å². The number of aromatic nitrogens is 4. The molecule has 0 unspecified atom stereocenters. The van der Waals surface area contributed by atoms with Crippen LogP contribution in [-0.2, 0) is 4.79 Å². The van der Waals surface area contributed by atoms with Crippen LogP contribution in [0.4, 0.5) is 11.9 Å². The van der Waals surface area contributed by atoms with Gasteiger partial charge in [0.05, 0.1) is 0 Å². The van der Waals surface area contributed by atoms with Crippen molar-refractivity contribution in [2.24, 2.45) is 10.7 Å². The third-order valence-electron chi connectivity index (χ3n) is 4.12. The molecule has 0 aliphatic carbocycles. The molecule has 2 aromatic heterocycles. The summed E-state index contributed by atoms with van der Waals surface area (Å²) in [5.41, 5.74) is 9.40. The van der Waals surface area contributed by atoms with Gasteiger partial charge in [0.1, 0.15) is 0 Å². The first-order valence-corrected chi connectivity index (χ1v) is 9.39. The van der Waals surface area contributed by atoms with Crippen molar-refractivity contribution >= 4 is 24.3 Å². The minimum atomic E-state index is 0.366. The van der Waals surface area contributed by atoms with Gasteiger partial charge in [0.2, 0.25) is 12.4 Å². The molecule has 0 radical (unpaired) electrons. The van der Waals surface area contributed by atoms with Gasteiger partial charge in [-0.25, -0.2) is 19.9 Å². The van der Waals surface area contributed by atoms with E-state index in [0.29, 0.717) is 44.0 Å². The Morgan fingerprint density at radius 1 is 1.03 bits per heavy atom. The highest BCUT2D eigenvalue weighted by Gasteiger charge is 2.17. The Morgan fingerprint density at radius 2 is 1.53 bits per heavy atom. The SMILES string of the molecule is Cc1cc(C)nc(N=C(N)N2CCN(C=O)CC2)n1.Cc1cc(C)nc(NC#N)n1. The van der Waals surface area contributed by atoms with Gasteiger partial charge in [-0.3, -0.25) is 10.1 Å². The highest BCUT2D eigenvalue weighted by molar-refractivity contribution is 5.80. The van der Waals surface area contributed by atoms with Gasteiger partial charge in [0.15, 0.2) is 12.2 Å². The fourth-order valence-corrected chi connectivity index (χ4v) is 2.82. The number of aryl methyl sites for hydroxylation is 4. The number of nitrogens with two attached hydrogens (primary N) is 1. The van der Waals surface area contributed by atoms with E-state index in [4.69, 9.17) is 11.0 Å². The zero-order chi connectivity index (χ0) is 22.1. The molecule has 1 saturated heterocycles. The Balaban J connectivity index is 0.000000248. The topological polar surface area (TPSA) is 149 Å². The number of nitrogens with one attached hydrogen (secondary N) is 1. The summed E-state index contributed by atoms with van der Waals surface area (Å²) in [7, 11) is 0. The van der Waals surface area contributed by atoms with Crippen molar-refractivity contribution in [1.29, 1.82) is 5.26 Å². The maximum absolute atomic E-state index is 10.6. The number of carbonyl (C=O) groups is 1. The third-order valence-corrected chi connectivity index (χ3v) is 4.12. The average Bonchev–Trinajstić information content (AvgIpc) is 2.67. The smallest absolute Gasteiger partial charge is 0.253 e. The monoisotopic (exact) mass is 410 g/mol. The molecule has 3 rings (SSSR count). The van der Waals surface area contributed by atoms with Crippen LogP contribution in [0, 0.1) is 39.1 Å². The predicted octanol–water partition coefficient (Wildman–Crippen LogP) is 0.800. The second kappa shape index (κ2) is 10.7.